The summed E-state index contributed by atoms with van der Waals surface area (Å²) in [5.74, 6) is 0.790. The second kappa shape index (κ2) is 10.4. The Bertz CT molecular complexity index is 1190. The van der Waals surface area contributed by atoms with Crippen LogP contribution >= 0.6 is 23.1 Å². The van der Waals surface area contributed by atoms with Crippen LogP contribution in [-0.2, 0) is 17.0 Å². The summed E-state index contributed by atoms with van der Waals surface area (Å²) in [5.41, 5.74) is 1.58. The van der Waals surface area contributed by atoms with Crippen LogP contribution < -0.4 is 15.6 Å². The zero-order valence-corrected chi connectivity index (χ0v) is 19.7. The highest BCUT2D eigenvalue weighted by atomic mass is 32.2. The number of anilines is 1. The molecular formula is C21H23N5O4S2. The molecule has 0 saturated heterocycles. The number of nitrogens with one attached hydrogen (secondary N) is 2. The molecule has 0 saturated carbocycles. The minimum Gasteiger partial charge on any atom is -0.497 e. The summed E-state index contributed by atoms with van der Waals surface area (Å²) in [6.45, 7) is 1.72. The molecule has 2 aromatic heterocycles. The molecule has 0 radical (unpaired) electrons. The van der Waals surface area contributed by atoms with Gasteiger partial charge < -0.3 is 19.9 Å². The molecule has 3 aromatic rings. The highest BCUT2D eigenvalue weighted by molar-refractivity contribution is 7.98. The normalized spacial score (nSPS) is 10.6. The molecule has 32 heavy (non-hydrogen) atoms. The Morgan fingerprint density at radius 2 is 2.03 bits per heavy atom. The van der Waals surface area contributed by atoms with Crippen molar-refractivity contribution in [2.75, 3.05) is 26.5 Å². The number of methoxy groups -OCH3 is 1. The van der Waals surface area contributed by atoms with Gasteiger partial charge >= 0.3 is 0 Å². The summed E-state index contributed by atoms with van der Waals surface area (Å²) < 4.78 is 5.22. The first kappa shape index (κ1) is 23.5. The molecule has 168 valence electrons. The maximum atomic E-state index is 12.5. The summed E-state index contributed by atoms with van der Waals surface area (Å²) >= 11 is 2.47. The number of amides is 2. The molecule has 0 aliphatic carbocycles. The lowest BCUT2D eigenvalue weighted by molar-refractivity contribution is -0.115. The first-order valence-corrected chi connectivity index (χ1v) is 11.4. The number of nitrogens with zero attached hydrogens (tertiary/aromatic N) is 3. The SMILES string of the molecule is COc1cccc(CSc2nc(CC(=O)Nc3nc(C)c(C(=O)N(C)C)s3)cc(=O)[nH]2)c1. The van der Waals surface area contributed by atoms with Crippen molar-refractivity contribution in [3.05, 3.63) is 62.5 Å². The zero-order valence-electron chi connectivity index (χ0n) is 18.1. The lowest BCUT2D eigenvalue weighted by Crippen LogP contribution is -2.21. The van der Waals surface area contributed by atoms with Gasteiger partial charge in [-0.15, -0.1) is 0 Å². The fraction of sp³-hybridized carbons (Fsp3) is 0.286. The minimum absolute atomic E-state index is 0.0910. The van der Waals surface area contributed by atoms with Crippen LogP contribution in [0.2, 0.25) is 0 Å². The number of H-pyrrole nitrogens is 1. The largest absolute Gasteiger partial charge is 0.497 e. The van der Waals surface area contributed by atoms with Crippen LogP contribution in [0, 0.1) is 6.92 Å². The van der Waals surface area contributed by atoms with Crippen LogP contribution in [0.3, 0.4) is 0 Å². The summed E-state index contributed by atoms with van der Waals surface area (Å²) in [7, 11) is 4.91. The maximum absolute atomic E-state index is 12.5. The van der Waals surface area contributed by atoms with Gasteiger partial charge in [-0.25, -0.2) is 9.97 Å². The third-order valence-electron chi connectivity index (χ3n) is 4.27. The van der Waals surface area contributed by atoms with E-state index < -0.39 is 0 Å². The van der Waals surface area contributed by atoms with E-state index in [0.717, 1.165) is 22.6 Å². The number of aromatic amines is 1. The molecule has 0 atom stereocenters. The second-order valence-electron chi connectivity index (χ2n) is 7.04. The van der Waals surface area contributed by atoms with Crippen LogP contribution in [-0.4, -0.2) is 52.9 Å². The fourth-order valence-corrected chi connectivity index (χ4v) is 4.58. The Hall–Kier alpha value is -3.18. The number of carbonyl (C=O) groups is 2. The fourth-order valence-electron chi connectivity index (χ4n) is 2.74. The maximum Gasteiger partial charge on any atom is 0.265 e. The van der Waals surface area contributed by atoms with E-state index in [2.05, 4.69) is 20.3 Å². The standard InChI is InChI=1S/C21H23N5O4S2/c1-12-18(19(29)26(2)3)32-21(22-12)25-17(28)10-14-9-16(27)24-20(23-14)31-11-13-6-5-7-15(8-13)30-4/h5-9H,10-11H2,1-4H3,(H,22,25,28)(H,23,24,27). The van der Waals surface area contributed by atoms with Crippen molar-refractivity contribution in [2.45, 2.75) is 24.3 Å². The molecule has 3 rings (SSSR count). The Morgan fingerprint density at radius 1 is 1.25 bits per heavy atom. The van der Waals surface area contributed by atoms with Gasteiger partial charge in [-0.3, -0.25) is 14.4 Å². The average Bonchev–Trinajstić information content (AvgIpc) is 3.10. The number of hydrogen-bond donors (Lipinski definition) is 2. The molecule has 0 unspecified atom stereocenters. The van der Waals surface area contributed by atoms with E-state index in [1.165, 1.54) is 22.7 Å². The van der Waals surface area contributed by atoms with Crippen LogP contribution in [0.25, 0.3) is 0 Å². The molecule has 2 N–H and O–H groups in total. The van der Waals surface area contributed by atoms with Crippen molar-refractivity contribution in [2.24, 2.45) is 0 Å². The molecule has 0 bridgehead atoms. The van der Waals surface area contributed by atoms with Gasteiger partial charge in [0, 0.05) is 25.9 Å². The quantitative estimate of drug-likeness (QED) is 0.382. The highest BCUT2D eigenvalue weighted by Crippen LogP contribution is 2.24. The number of thioether (sulfide) groups is 1. The zero-order chi connectivity index (χ0) is 23.3. The van der Waals surface area contributed by atoms with Gasteiger partial charge in [0.1, 0.15) is 10.6 Å². The van der Waals surface area contributed by atoms with Crippen molar-refractivity contribution in [3.8, 4) is 5.75 Å². The smallest absolute Gasteiger partial charge is 0.265 e. The molecule has 0 fully saturated rings. The van der Waals surface area contributed by atoms with E-state index in [0.29, 0.717) is 32.3 Å². The van der Waals surface area contributed by atoms with Crippen LogP contribution in [0.4, 0.5) is 5.13 Å². The Balaban J connectivity index is 1.65. The molecule has 0 spiro atoms. The Kier molecular flexibility index (Phi) is 7.65. The van der Waals surface area contributed by atoms with Gasteiger partial charge in [0.2, 0.25) is 5.91 Å². The van der Waals surface area contributed by atoms with Gasteiger partial charge in [0.25, 0.3) is 11.5 Å². The van der Waals surface area contributed by atoms with Crippen molar-refractivity contribution < 1.29 is 14.3 Å². The topological polar surface area (TPSA) is 117 Å². The number of thiazole rings is 1. The predicted molar refractivity (Wildman–Crippen MR) is 125 cm³/mol. The minimum atomic E-state index is -0.371. The summed E-state index contributed by atoms with van der Waals surface area (Å²) in [4.78, 5) is 49.9. The van der Waals surface area contributed by atoms with E-state index in [9.17, 15) is 14.4 Å². The Labute approximate surface area is 193 Å². The van der Waals surface area contributed by atoms with Crippen molar-refractivity contribution in [1.29, 1.82) is 0 Å². The monoisotopic (exact) mass is 473 g/mol. The van der Waals surface area contributed by atoms with Gasteiger partial charge in [-0.1, -0.05) is 35.2 Å². The average molecular weight is 474 g/mol. The van der Waals surface area contributed by atoms with Gasteiger partial charge in [0.15, 0.2) is 10.3 Å². The molecular weight excluding hydrogens is 450 g/mol. The first-order chi connectivity index (χ1) is 15.2. The van der Waals surface area contributed by atoms with Crippen LogP contribution in [0.1, 0.15) is 26.6 Å². The predicted octanol–water partition coefficient (Wildman–Crippen LogP) is 2.72. The molecule has 9 nitrogen and oxygen atoms in total. The third-order valence-corrected chi connectivity index (χ3v) is 6.27. The van der Waals surface area contributed by atoms with E-state index in [4.69, 9.17) is 4.74 Å². The number of hydrogen-bond acceptors (Lipinski definition) is 8. The molecule has 0 aliphatic heterocycles. The van der Waals surface area contributed by atoms with E-state index >= 15 is 0 Å². The molecule has 2 heterocycles. The third kappa shape index (κ3) is 6.17. The molecule has 0 aliphatic rings. The Morgan fingerprint density at radius 3 is 2.75 bits per heavy atom. The lowest BCUT2D eigenvalue weighted by atomic mass is 10.2. The summed E-state index contributed by atoms with van der Waals surface area (Å²) in [6, 6.07) is 8.91. The van der Waals surface area contributed by atoms with Crippen molar-refractivity contribution >= 4 is 40.0 Å². The van der Waals surface area contributed by atoms with E-state index in [1.54, 1.807) is 28.1 Å². The second-order valence-corrected chi connectivity index (χ2v) is 9.00. The molecule has 2 amide bonds. The highest BCUT2D eigenvalue weighted by Gasteiger charge is 2.18. The molecule has 1 aromatic carbocycles. The lowest BCUT2D eigenvalue weighted by Gasteiger charge is -2.07. The van der Waals surface area contributed by atoms with E-state index in [1.807, 2.05) is 24.3 Å². The van der Waals surface area contributed by atoms with Crippen LogP contribution in [0.15, 0.2) is 40.3 Å². The van der Waals surface area contributed by atoms with Gasteiger partial charge in [-0.05, 0) is 24.6 Å². The number of ether oxygens (including phenoxy) is 1. The number of rotatable bonds is 8. The summed E-state index contributed by atoms with van der Waals surface area (Å²) in [5, 5.41) is 3.43. The van der Waals surface area contributed by atoms with Crippen LogP contribution in [0.5, 0.6) is 5.75 Å². The summed E-state index contributed by atoms with van der Waals surface area (Å²) in [6.07, 6.45) is -0.0910. The number of carbonyl (C=O) groups excluding carboxylic acids is 2. The van der Waals surface area contributed by atoms with E-state index in [-0.39, 0.29) is 23.8 Å². The van der Waals surface area contributed by atoms with Crippen molar-refractivity contribution in [1.82, 2.24) is 19.9 Å². The van der Waals surface area contributed by atoms with Gasteiger partial charge in [-0.2, -0.15) is 0 Å². The number of benzene rings is 1. The van der Waals surface area contributed by atoms with Gasteiger partial charge in [0.05, 0.1) is 24.9 Å². The number of aromatic nitrogens is 3. The van der Waals surface area contributed by atoms with Crippen molar-refractivity contribution in [3.63, 3.8) is 0 Å². The first-order valence-electron chi connectivity index (χ1n) is 9.60. The molecule has 11 heteroatoms. The number of aryl methyl sites for hydroxylation is 1.